The van der Waals surface area contributed by atoms with Crippen LogP contribution in [0.3, 0.4) is 0 Å². The minimum absolute atomic E-state index is 0.248. The van der Waals surface area contributed by atoms with Gasteiger partial charge in [0.05, 0.1) is 0 Å². The van der Waals surface area contributed by atoms with Gasteiger partial charge < -0.3 is 9.84 Å². The predicted octanol–water partition coefficient (Wildman–Crippen LogP) is -3.37. The van der Waals surface area contributed by atoms with Crippen molar-refractivity contribution in [3.63, 3.8) is 0 Å². The second-order valence-electron chi connectivity index (χ2n) is 6.79. The summed E-state index contributed by atoms with van der Waals surface area (Å²) in [6.07, 6.45) is -0.278. The number of aliphatic hydroxyl groups is 1. The van der Waals surface area contributed by atoms with E-state index in [0.29, 0.717) is 14.7 Å². The van der Waals surface area contributed by atoms with Crippen molar-refractivity contribution in [2.45, 2.75) is 18.8 Å². The zero-order valence-corrected chi connectivity index (χ0v) is 16.3. The molecule has 0 aromatic rings. The van der Waals surface area contributed by atoms with Crippen molar-refractivity contribution in [3.05, 3.63) is 48.6 Å². The minimum atomic E-state index is -2.34. The van der Waals surface area contributed by atoms with Crippen LogP contribution in [0.15, 0.2) is 48.6 Å². The van der Waals surface area contributed by atoms with Crippen LogP contribution in [0.4, 0.5) is 0 Å². The van der Waals surface area contributed by atoms with E-state index in [9.17, 15) is 43.5 Å². The summed E-state index contributed by atoms with van der Waals surface area (Å²) in [5.74, 6) is -8.18. The van der Waals surface area contributed by atoms with Crippen molar-refractivity contribution in [2.75, 3.05) is 0 Å². The Morgan fingerprint density at radius 3 is 1.09 bits per heavy atom. The standard InChI is InChI=1S/C19H12N4O10/c24-9-1-2-10(25)20(9)17(32)18(21-11(26)3-4-12(21)27)33-19(22-13(28)5-6-14(22)29)23-15(30)7-8-16(23)31/h1-8,17-19,32H. The average molecular weight is 456 g/mol. The lowest BCUT2D eigenvalue weighted by Gasteiger charge is -2.39. The average Bonchev–Trinajstić information content (AvgIpc) is 3.48. The van der Waals surface area contributed by atoms with Crippen molar-refractivity contribution >= 4 is 47.3 Å². The molecule has 0 bridgehead atoms. The molecule has 4 heterocycles. The number of imide groups is 4. The van der Waals surface area contributed by atoms with Crippen molar-refractivity contribution in [1.29, 1.82) is 0 Å². The number of aliphatic hydroxyl groups excluding tert-OH is 1. The normalized spacial score (nSPS) is 22.0. The molecule has 0 spiro atoms. The van der Waals surface area contributed by atoms with Gasteiger partial charge in [-0.3, -0.25) is 38.4 Å². The lowest BCUT2D eigenvalue weighted by atomic mass is 10.3. The Hall–Kier alpha value is -4.56. The van der Waals surface area contributed by atoms with Gasteiger partial charge in [0.25, 0.3) is 47.3 Å². The molecule has 168 valence electrons. The van der Waals surface area contributed by atoms with E-state index in [2.05, 4.69) is 0 Å². The summed E-state index contributed by atoms with van der Waals surface area (Å²) in [7, 11) is 0. The molecule has 2 atom stereocenters. The van der Waals surface area contributed by atoms with Gasteiger partial charge in [0.2, 0.25) is 6.35 Å². The van der Waals surface area contributed by atoms with Gasteiger partial charge in [-0.1, -0.05) is 0 Å². The van der Waals surface area contributed by atoms with E-state index in [0.717, 1.165) is 48.6 Å². The first-order chi connectivity index (χ1) is 15.6. The van der Waals surface area contributed by atoms with Gasteiger partial charge in [0.15, 0.2) is 12.5 Å². The number of ether oxygens (including phenoxy) is 1. The molecular weight excluding hydrogens is 444 g/mol. The van der Waals surface area contributed by atoms with Gasteiger partial charge in [-0.2, -0.15) is 0 Å². The second-order valence-corrected chi connectivity index (χ2v) is 6.79. The van der Waals surface area contributed by atoms with Crippen molar-refractivity contribution in [3.8, 4) is 0 Å². The molecule has 8 amide bonds. The van der Waals surface area contributed by atoms with Gasteiger partial charge in [0.1, 0.15) is 0 Å². The number of rotatable bonds is 7. The first-order valence-corrected chi connectivity index (χ1v) is 9.16. The highest BCUT2D eigenvalue weighted by Gasteiger charge is 2.49. The number of amides is 8. The number of hydrogen-bond donors (Lipinski definition) is 1. The SMILES string of the molecule is O=C1C=CC(=O)N1C(O)C(OC(N1C(=O)C=CC1=O)N1C(=O)C=CC1=O)N1C(=O)C=CC1=O. The number of hydrogen-bond acceptors (Lipinski definition) is 10. The second kappa shape index (κ2) is 7.85. The third kappa shape index (κ3) is 3.48. The molecular formula is C19H12N4O10. The topological polar surface area (TPSA) is 179 Å². The quantitative estimate of drug-likeness (QED) is 0.380. The molecule has 1 N–H and O–H groups in total. The molecule has 2 unspecified atom stereocenters. The van der Waals surface area contributed by atoms with Gasteiger partial charge >= 0.3 is 0 Å². The molecule has 0 saturated heterocycles. The molecule has 0 aliphatic carbocycles. The van der Waals surface area contributed by atoms with E-state index in [-0.39, 0.29) is 4.90 Å². The molecule has 0 aromatic carbocycles. The highest BCUT2D eigenvalue weighted by molar-refractivity contribution is 6.17. The van der Waals surface area contributed by atoms with Gasteiger partial charge in [0, 0.05) is 48.6 Å². The molecule has 4 rings (SSSR count). The smallest absolute Gasteiger partial charge is 0.257 e. The predicted molar refractivity (Wildman–Crippen MR) is 98.6 cm³/mol. The Morgan fingerprint density at radius 1 is 0.485 bits per heavy atom. The van der Waals surface area contributed by atoms with Crippen LogP contribution in [-0.4, -0.2) is 90.8 Å². The number of carbonyl (C=O) groups is 8. The van der Waals surface area contributed by atoms with Crippen molar-refractivity contribution in [1.82, 2.24) is 19.6 Å². The summed E-state index contributed by atoms with van der Waals surface area (Å²) in [6, 6.07) is 0. The van der Waals surface area contributed by atoms with Crippen LogP contribution in [0.2, 0.25) is 0 Å². The fourth-order valence-electron chi connectivity index (χ4n) is 3.35. The minimum Gasteiger partial charge on any atom is -0.369 e. The molecule has 4 aliphatic rings. The van der Waals surface area contributed by atoms with Gasteiger partial charge in [-0.15, -0.1) is 0 Å². The van der Waals surface area contributed by atoms with Crippen LogP contribution in [0, 0.1) is 0 Å². The van der Waals surface area contributed by atoms with Gasteiger partial charge in [-0.25, -0.2) is 19.6 Å². The summed E-state index contributed by atoms with van der Waals surface area (Å²) in [6.45, 7) is 0. The summed E-state index contributed by atoms with van der Waals surface area (Å²) in [5.41, 5.74) is 0. The van der Waals surface area contributed by atoms with E-state index < -0.39 is 66.1 Å². The lowest BCUT2D eigenvalue weighted by Crippen LogP contribution is -2.63. The molecule has 0 saturated carbocycles. The molecule has 4 aliphatic heterocycles. The lowest BCUT2D eigenvalue weighted by molar-refractivity contribution is -0.237. The van der Waals surface area contributed by atoms with Crippen molar-refractivity contribution in [2.24, 2.45) is 0 Å². The molecule has 0 fully saturated rings. The molecule has 0 radical (unpaired) electrons. The van der Waals surface area contributed by atoms with E-state index in [1.54, 1.807) is 0 Å². The van der Waals surface area contributed by atoms with E-state index in [4.69, 9.17) is 4.74 Å². The van der Waals surface area contributed by atoms with E-state index in [1.807, 2.05) is 0 Å². The highest BCUT2D eigenvalue weighted by Crippen LogP contribution is 2.25. The summed E-state index contributed by atoms with van der Waals surface area (Å²) in [5, 5.41) is 10.8. The maximum absolute atomic E-state index is 12.3. The molecule has 14 heteroatoms. The van der Waals surface area contributed by atoms with Crippen LogP contribution in [0.25, 0.3) is 0 Å². The first-order valence-electron chi connectivity index (χ1n) is 9.16. The Labute approximate surface area is 183 Å². The van der Waals surface area contributed by atoms with Crippen LogP contribution < -0.4 is 0 Å². The fourth-order valence-corrected chi connectivity index (χ4v) is 3.35. The first kappa shape index (κ1) is 21.7. The van der Waals surface area contributed by atoms with Crippen LogP contribution >= 0.6 is 0 Å². The zero-order valence-electron chi connectivity index (χ0n) is 16.3. The monoisotopic (exact) mass is 456 g/mol. The largest absolute Gasteiger partial charge is 0.369 e. The third-order valence-electron chi connectivity index (χ3n) is 4.85. The van der Waals surface area contributed by atoms with Crippen LogP contribution in [0.5, 0.6) is 0 Å². The molecule has 33 heavy (non-hydrogen) atoms. The van der Waals surface area contributed by atoms with Crippen molar-refractivity contribution < 1.29 is 48.2 Å². The van der Waals surface area contributed by atoms with E-state index >= 15 is 0 Å². The Bertz CT molecular complexity index is 1050. The number of nitrogens with zero attached hydrogens (tertiary/aromatic N) is 4. The zero-order chi connectivity index (χ0) is 24.0. The Kier molecular flexibility index (Phi) is 5.15. The molecule has 14 nitrogen and oxygen atoms in total. The van der Waals surface area contributed by atoms with Crippen LogP contribution in [0.1, 0.15) is 0 Å². The number of carbonyl (C=O) groups excluding carboxylic acids is 8. The highest BCUT2D eigenvalue weighted by atomic mass is 16.6. The van der Waals surface area contributed by atoms with Crippen LogP contribution in [-0.2, 0) is 43.1 Å². The van der Waals surface area contributed by atoms with E-state index in [1.165, 1.54) is 0 Å². The maximum atomic E-state index is 12.3. The Morgan fingerprint density at radius 2 is 0.758 bits per heavy atom. The summed E-state index contributed by atoms with van der Waals surface area (Å²) < 4.78 is 5.50. The fraction of sp³-hybridized carbons (Fsp3) is 0.158. The third-order valence-corrected chi connectivity index (χ3v) is 4.85. The molecule has 0 aromatic heterocycles. The summed E-state index contributed by atoms with van der Waals surface area (Å²) >= 11 is 0. The summed E-state index contributed by atoms with van der Waals surface area (Å²) in [4.78, 5) is 99.0. The van der Waals surface area contributed by atoms with Gasteiger partial charge in [-0.05, 0) is 0 Å². The Balaban J connectivity index is 1.76. The maximum Gasteiger partial charge on any atom is 0.257 e.